The molecule has 4 nitrogen and oxygen atoms in total. The van der Waals surface area contributed by atoms with Gasteiger partial charge in [-0.25, -0.2) is 19.9 Å². The Balaban J connectivity index is 1.42. The molecule has 2 heterocycles. The van der Waals surface area contributed by atoms with Gasteiger partial charge in [0.2, 0.25) is 0 Å². The molecule has 0 saturated heterocycles. The van der Waals surface area contributed by atoms with Gasteiger partial charge in [0.15, 0.2) is 17.5 Å². The Kier molecular flexibility index (Phi) is 5.26. The predicted octanol–water partition coefficient (Wildman–Crippen LogP) is 8.30. The molecular weight excluding hydrogens is 472 g/mol. The molecule has 0 radical (unpaired) electrons. The van der Waals surface area contributed by atoms with Crippen molar-refractivity contribution < 1.29 is 0 Å². The van der Waals surface area contributed by atoms with E-state index >= 15 is 0 Å². The van der Waals surface area contributed by atoms with Crippen LogP contribution in [0.3, 0.4) is 0 Å². The van der Waals surface area contributed by atoms with Crippen molar-refractivity contribution in [2.75, 3.05) is 0 Å². The molecule has 174 valence electrons. The van der Waals surface area contributed by atoms with E-state index in [1.807, 2.05) is 78.9 Å². The Labute approximate surface area is 218 Å². The van der Waals surface area contributed by atoms with Crippen molar-refractivity contribution in [1.29, 1.82) is 0 Å². The monoisotopic (exact) mass is 492 g/mol. The van der Waals surface area contributed by atoms with E-state index in [2.05, 4.69) is 42.5 Å². The molecule has 2 aromatic heterocycles. The lowest BCUT2D eigenvalue weighted by atomic mass is 10.1. The lowest BCUT2D eigenvalue weighted by Crippen LogP contribution is -2.00. The van der Waals surface area contributed by atoms with E-state index in [-0.39, 0.29) is 0 Å². The second-order valence-electron chi connectivity index (χ2n) is 8.77. The summed E-state index contributed by atoms with van der Waals surface area (Å²) in [5.74, 6) is 1.95. The third-order valence-corrected chi connectivity index (χ3v) is 7.42. The maximum Gasteiger partial charge on any atom is 0.164 e. The van der Waals surface area contributed by atoms with E-state index in [0.29, 0.717) is 17.5 Å². The Bertz CT molecular complexity index is 1810. The van der Waals surface area contributed by atoms with Gasteiger partial charge < -0.3 is 0 Å². The summed E-state index contributed by atoms with van der Waals surface area (Å²) in [5.41, 5.74) is 4.98. The molecule has 0 bridgehead atoms. The van der Waals surface area contributed by atoms with Crippen LogP contribution in [-0.4, -0.2) is 19.9 Å². The van der Waals surface area contributed by atoms with Crippen LogP contribution in [0.25, 0.3) is 65.7 Å². The zero-order chi connectivity index (χ0) is 24.6. The van der Waals surface area contributed by atoms with E-state index in [0.717, 1.165) is 48.3 Å². The summed E-state index contributed by atoms with van der Waals surface area (Å²) in [6.07, 6.45) is 0. The van der Waals surface area contributed by atoms with Crippen LogP contribution >= 0.6 is 11.3 Å². The van der Waals surface area contributed by atoms with Gasteiger partial charge in [-0.05, 0) is 17.5 Å². The number of nitrogens with zero attached hydrogens (tertiary/aromatic N) is 4. The SMILES string of the molecule is c1ccc(-c2nc(-c3ccccc3)nc(-c3ccc4ccc5sc(-c6ccccc6)nc5c4c3)n2)cc1. The first-order valence-electron chi connectivity index (χ1n) is 12.1. The number of hydrogen-bond acceptors (Lipinski definition) is 5. The largest absolute Gasteiger partial charge is 0.235 e. The molecule has 0 atom stereocenters. The first-order chi connectivity index (χ1) is 18.3. The van der Waals surface area contributed by atoms with Crippen LogP contribution in [-0.2, 0) is 0 Å². The Morgan fingerprint density at radius 3 is 1.54 bits per heavy atom. The van der Waals surface area contributed by atoms with Gasteiger partial charge in [-0.1, -0.05) is 109 Å². The molecule has 5 heteroatoms. The third-order valence-electron chi connectivity index (χ3n) is 6.35. The number of aromatic nitrogens is 4. The molecule has 0 fully saturated rings. The Hall–Kier alpha value is -4.74. The van der Waals surface area contributed by atoms with Gasteiger partial charge in [0.25, 0.3) is 0 Å². The van der Waals surface area contributed by atoms with Crippen LogP contribution in [0.15, 0.2) is 121 Å². The quantitative estimate of drug-likeness (QED) is 0.248. The van der Waals surface area contributed by atoms with Crippen molar-refractivity contribution in [2.24, 2.45) is 0 Å². The molecule has 0 saturated carbocycles. The van der Waals surface area contributed by atoms with Gasteiger partial charge in [-0.2, -0.15) is 0 Å². The second kappa shape index (κ2) is 9.04. The van der Waals surface area contributed by atoms with E-state index in [1.165, 1.54) is 0 Å². The fraction of sp³-hybridized carbons (Fsp3) is 0. The Morgan fingerprint density at radius 2 is 0.946 bits per heavy atom. The summed E-state index contributed by atoms with van der Waals surface area (Å²) in [5, 5.41) is 3.25. The van der Waals surface area contributed by atoms with E-state index in [1.54, 1.807) is 11.3 Å². The van der Waals surface area contributed by atoms with Crippen molar-refractivity contribution >= 4 is 32.3 Å². The molecule has 0 aliphatic carbocycles. The number of fused-ring (bicyclic) bond motifs is 3. The maximum atomic E-state index is 5.04. The van der Waals surface area contributed by atoms with Gasteiger partial charge in [-0.3, -0.25) is 0 Å². The molecule has 7 aromatic rings. The van der Waals surface area contributed by atoms with Crippen LogP contribution < -0.4 is 0 Å². The summed E-state index contributed by atoms with van der Waals surface area (Å²) in [6, 6.07) is 41.1. The molecule has 0 aliphatic rings. The van der Waals surface area contributed by atoms with Crippen LogP contribution in [0.1, 0.15) is 0 Å². The minimum atomic E-state index is 0.644. The lowest BCUT2D eigenvalue weighted by Gasteiger charge is -2.09. The molecule has 0 aliphatic heterocycles. The average molecular weight is 493 g/mol. The Morgan fingerprint density at radius 1 is 0.432 bits per heavy atom. The van der Waals surface area contributed by atoms with Gasteiger partial charge >= 0.3 is 0 Å². The van der Waals surface area contributed by atoms with Crippen molar-refractivity contribution in [1.82, 2.24) is 19.9 Å². The highest BCUT2D eigenvalue weighted by Gasteiger charge is 2.14. The van der Waals surface area contributed by atoms with Crippen LogP contribution in [0.5, 0.6) is 0 Å². The van der Waals surface area contributed by atoms with Crippen LogP contribution in [0.4, 0.5) is 0 Å². The molecule has 0 unspecified atom stereocenters. The van der Waals surface area contributed by atoms with Crippen LogP contribution in [0, 0.1) is 0 Å². The van der Waals surface area contributed by atoms with E-state index < -0.39 is 0 Å². The van der Waals surface area contributed by atoms with Crippen molar-refractivity contribution in [3.8, 4) is 44.7 Å². The summed E-state index contributed by atoms with van der Waals surface area (Å²) in [6.45, 7) is 0. The topological polar surface area (TPSA) is 51.6 Å². The molecule has 5 aromatic carbocycles. The van der Waals surface area contributed by atoms with E-state index in [4.69, 9.17) is 19.9 Å². The number of hydrogen-bond donors (Lipinski definition) is 0. The smallest absolute Gasteiger partial charge is 0.164 e. The number of rotatable bonds is 4. The van der Waals surface area contributed by atoms with Gasteiger partial charge in [0.1, 0.15) is 5.01 Å². The van der Waals surface area contributed by atoms with E-state index in [9.17, 15) is 0 Å². The fourth-order valence-corrected chi connectivity index (χ4v) is 5.48. The average Bonchev–Trinajstić information content (AvgIpc) is 3.43. The minimum absolute atomic E-state index is 0.644. The summed E-state index contributed by atoms with van der Waals surface area (Å²) < 4.78 is 1.16. The summed E-state index contributed by atoms with van der Waals surface area (Å²) >= 11 is 1.71. The standard InChI is InChI=1S/C32H20N4S/c1-4-10-22(11-5-1)29-34-30(23-12-6-2-7-13-23)36-31(35-29)25-17-16-21-18-19-27-28(26(21)20-25)33-32(37-27)24-14-8-3-9-15-24/h1-20H. The van der Waals surface area contributed by atoms with Gasteiger partial charge in [0.05, 0.1) is 10.2 Å². The van der Waals surface area contributed by atoms with Crippen molar-refractivity contribution in [3.05, 3.63) is 121 Å². The lowest BCUT2D eigenvalue weighted by molar-refractivity contribution is 1.07. The maximum absolute atomic E-state index is 5.04. The summed E-state index contributed by atoms with van der Waals surface area (Å²) in [7, 11) is 0. The highest BCUT2D eigenvalue weighted by atomic mass is 32.1. The molecule has 0 spiro atoms. The fourth-order valence-electron chi connectivity index (χ4n) is 4.49. The molecule has 0 N–H and O–H groups in total. The zero-order valence-corrected chi connectivity index (χ0v) is 20.6. The minimum Gasteiger partial charge on any atom is -0.235 e. The first-order valence-corrected chi connectivity index (χ1v) is 12.9. The highest BCUT2D eigenvalue weighted by Crippen LogP contribution is 2.36. The molecule has 37 heavy (non-hydrogen) atoms. The summed E-state index contributed by atoms with van der Waals surface area (Å²) in [4.78, 5) is 19.7. The van der Waals surface area contributed by atoms with Crippen molar-refractivity contribution in [3.63, 3.8) is 0 Å². The van der Waals surface area contributed by atoms with Gasteiger partial charge in [-0.15, -0.1) is 11.3 Å². The number of benzene rings is 5. The normalized spacial score (nSPS) is 11.2. The molecule has 0 amide bonds. The number of thiazole rings is 1. The highest BCUT2D eigenvalue weighted by molar-refractivity contribution is 7.21. The zero-order valence-electron chi connectivity index (χ0n) is 19.7. The molecule has 7 rings (SSSR count). The van der Waals surface area contributed by atoms with Crippen LogP contribution in [0.2, 0.25) is 0 Å². The third kappa shape index (κ3) is 4.05. The van der Waals surface area contributed by atoms with Gasteiger partial charge in [0, 0.05) is 27.6 Å². The predicted molar refractivity (Wildman–Crippen MR) is 152 cm³/mol. The second-order valence-corrected chi connectivity index (χ2v) is 9.80. The van der Waals surface area contributed by atoms with Crippen molar-refractivity contribution in [2.45, 2.75) is 0 Å². The molecular formula is C32H20N4S. The first kappa shape index (κ1) is 21.5.